The Morgan fingerprint density at radius 3 is 2.12 bits per heavy atom. The summed E-state index contributed by atoms with van der Waals surface area (Å²) in [5.41, 5.74) is 1.79. The van der Waals surface area contributed by atoms with E-state index in [1.54, 1.807) is 24.3 Å². The first-order chi connectivity index (χ1) is 12.1. The maximum atomic E-state index is 12.2. The molecule has 0 aromatic heterocycles. The van der Waals surface area contributed by atoms with Gasteiger partial charge in [0.2, 0.25) is 0 Å². The fraction of sp³-hybridized carbons (Fsp3) is 0.167. The van der Waals surface area contributed by atoms with Crippen LogP contribution in [-0.4, -0.2) is 35.8 Å². The Bertz CT molecular complexity index is 786. The molecule has 0 spiro atoms. The van der Waals surface area contributed by atoms with Gasteiger partial charge in [-0.05, 0) is 29.8 Å². The molecule has 3 rings (SSSR count). The molecule has 0 saturated carbocycles. The molecule has 128 valence electrons. The summed E-state index contributed by atoms with van der Waals surface area (Å²) >= 11 is 3.35. The maximum Gasteiger partial charge on any atom is 0.315 e. The SMILES string of the molecule is O=C(NCCN1C(=O)c2ccccc2C1=O)NCc1ccc(Br)cc1. The van der Waals surface area contributed by atoms with E-state index in [1.165, 1.54) is 0 Å². The first-order valence-corrected chi connectivity index (χ1v) is 8.57. The number of nitrogens with zero attached hydrogens (tertiary/aromatic N) is 1. The van der Waals surface area contributed by atoms with Crippen molar-refractivity contribution in [2.24, 2.45) is 0 Å². The van der Waals surface area contributed by atoms with Gasteiger partial charge < -0.3 is 10.6 Å². The lowest BCUT2D eigenvalue weighted by Gasteiger charge is -2.14. The summed E-state index contributed by atoms with van der Waals surface area (Å²) in [6.07, 6.45) is 0. The van der Waals surface area contributed by atoms with Gasteiger partial charge in [-0.25, -0.2) is 4.79 Å². The van der Waals surface area contributed by atoms with Crippen molar-refractivity contribution < 1.29 is 14.4 Å². The van der Waals surface area contributed by atoms with Crippen LogP contribution in [0.1, 0.15) is 26.3 Å². The number of benzene rings is 2. The summed E-state index contributed by atoms with van der Waals surface area (Å²) in [6, 6.07) is 14.0. The average molecular weight is 402 g/mol. The minimum atomic E-state index is -0.348. The second-order valence-electron chi connectivity index (χ2n) is 5.54. The van der Waals surface area contributed by atoms with E-state index in [1.807, 2.05) is 24.3 Å². The van der Waals surface area contributed by atoms with Gasteiger partial charge in [0.15, 0.2) is 0 Å². The summed E-state index contributed by atoms with van der Waals surface area (Å²) in [6.45, 7) is 0.724. The van der Waals surface area contributed by atoms with Gasteiger partial charge in [0, 0.05) is 24.1 Å². The molecule has 0 fully saturated rings. The molecule has 0 atom stereocenters. The molecule has 25 heavy (non-hydrogen) atoms. The maximum absolute atomic E-state index is 12.2. The molecule has 4 amide bonds. The predicted octanol–water partition coefficient (Wildman–Crippen LogP) is 2.54. The second kappa shape index (κ2) is 7.48. The van der Waals surface area contributed by atoms with Crippen molar-refractivity contribution in [3.8, 4) is 0 Å². The molecule has 0 aliphatic carbocycles. The Morgan fingerprint density at radius 1 is 0.920 bits per heavy atom. The van der Waals surface area contributed by atoms with E-state index in [-0.39, 0.29) is 30.9 Å². The summed E-state index contributed by atoms with van der Waals surface area (Å²) in [7, 11) is 0. The number of hydrogen-bond donors (Lipinski definition) is 2. The van der Waals surface area contributed by atoms with Crippen LogP contribution in [0.2, 0.25) is 0 Å². The van der Waals surface area contributed by atoms with Crippen LogP contribution in [0.3, 0.4) is 0 Å². The second-order valence-corrected chi connectivity index (χ2v) is 6.46. The molecule has 6 nitrogen and oxygen atoms in total. The van der Waals surface area contributed by atoms with Crippen LogP contribution in [0.4, 0.5) is 4.79 Å². The van der Waals surface area contributed by atoms with Crippen LogP contribution in [0.5, 0.6) is 0 Å². The first kappa shape index (κ1) is 17.2. The lowest BCUT2D eigenvalue weighted by molar-refractivity contribution is 0.0656. The third-order valence-corrected chi connectivity index (χ3v) is 4.39. The molecule has 0 radical (unpaired) electrons. The van der Waals surface area contributed by atoms with Gasteiger partial charge in [-0.1, -0.05) is 40.2 Å². The van der Waals surface area contributed by atoms with Crippen LogP contribution >= 0.6 is 15.9 Å². The van der Waals surface area contributed by atoms with Crippen molar-refractivity contribution >= 4 is 33.8 Å². The number of carbonyl (C=O) groups is 3. The van der Waals surface area contributed by atoms with Crippen molar-refractivity contribution in [3.05, 3.63) is 69.7 Å². The van der Waals surface area contributed by atoms with E-state index in [0.717, 1.165) is 14.9 Å². The Hall–Kier alpha value is -2.67. The smallest absolute Gasteiger partial charge is 0.315 e. The lowest BCUT2D eigenvalue weighted by atomic mass is 10.1. The van der Waals surface area contributed by atoms with Crippen LogP contribution < -0.4 is 10.6 Å². The highest BCUT2D eigenvalue weighted by molar-refractivity contribution is 9.10. The minimum absolute atomic E-state index is 0.137. The topological polar surface area (TPSA) is 78.5 Å². The number of nitrogens with one attached hydrogen (secondary N) is 2. The number of urea groups is 1. The summed E-state index contributed by atoms with van der Waals surface area (Å²) in [4.78, 5) is 37.4. The third-order valence-electron chi connectivity index (χ3n) is 3.87. The molecule has 1 heterocycles. The Labute approximate surface area is 153 Å². The van der Waals surface area contributed by atoms with Crippen molar-refractivity contribution in [1.82, 2.24) is 15.5 Å². The normalized spacial score (nSPS) is 12.9. The summed E-state index contributed by atoms with van der Waals surface area (Å²) in [5, 5.41) is 5.38. The van der Waals surface area contributed by atoms with Crippen molar-refractivity contribution in [2.75, 3.05) is 13.1 Å². The number of halogens is 1. The van der Waals surface area contributed by atoms with E-state index in [0.29, 0.717) is 17.7 Å². The molecule has 2 N–H and O–H groups in total. The van der Waals surface area contributed by atoms with E-state index in [2.05, 4.69) is 26.6 Å². The Kier molecular flexibility index (Phi) is 5.14. The van der Waals surface area contributed by atoms with Gasteiger partial charge in [-0.3, -0.25) is 14.5 Å². The quantitative estimate of drug-likeness (QED) is 0.755. The van der Waals surface area contributed by atoms with Gasteiger partial charge in [-0.2, -0.15) is 0 Å². The molecule has 1 aliphatic rings. The van der Waals surface area contributed by atoms with Gasteiger partial charge in [0.25, 0.3) is 11.8 Å². The molecular formula is C18H16BrN3O3. The fourth-order valence-corrected chi connectivity index (χ4v) is 2.83. The molecule has 2 aromatic carbocycles. The predicted molar refractivity (Wildman–Crippen MR) is 96.2 cm³/mol. The zero-order valence-corrected chi connectivity index (χ0v) is 14.9. The Morgan fingerprint density at radius 2 is 1.52 bits per heavy atom. The van der Waals surface area contributed by atoms with E-state index < -0.39 is 0 Å². The Balaban J connectivity index is 1.45. The number of carbonyl (C=O) groups excluding carboxylic acids is 3. The standard InChI is InChI=1S/C18H16BrN3O3/c19-13-7-5-12(6-8-13)11-21-18(25)20-9-10-22-16(23)14-3-1-2-4-15(14)17(22)24/h1-8H,9-11H2,(H2,20,21,25). The first-order valence-electron chi connectivity index (χ1n) is 7.77. The summed E-state index contributed by atoms with van der Waals surface area (Å²) in [5.74, 6) is -0.643. The number of fused-ring (bicyclic) bond motifs is 1. The molecule has 0 bridgehead atoms. The average Bonchev–Trinajstić information content (AvgIpc) is 2.86. The number of amides is 4. The highest BCUT2D eigenvalue weighted by Crippen LogP contribution is 2.21. The molecule has 2 aromatic rings. The van der Waals surface area contributed by atoms with E-state index in [9.17, 15) is 14.4 Å². The van der Waals surface area contributed by atoms with Crippen LogP contribution in [0, 0.1) is 0 Å². The van der Waals surface area contributed by atoms with Gasteiger partial charge in [-0.15, -0.1) is 0 Å². The van der Waals surface area contributed by atoms with Crippen molar-refractivity contribution in [2.45, 2.75) is 6.54 Å². The van der Waals surface area contributed by atoms with Gasteiger partial charge in [0.05, 0.1) is 11.1 Å². The molecule has 0 saturated heterocycles. The minimum Gasteiger partial charge on any atom is -0.336 e. The van der Waals surface area contributed by atoms with Crippen molar-refractivity contribution in [3.63, 3.8) is 0 Å². The van der Waals surface area contributed by atoms with E-state index >= 15 is 0 Å². The van der Waals surface area contributed by atoms with Crippen molar-refractivity contribution in [1.29, 1.82) is 0 Å². The molecular weight excluding hydrogens is 386 g/mol. The fourth-order valence-electron chi connectivity index (χ4n) is 2.57. The van der Waals surface area contributed by atoms with E-state index in [4.69, 9.17) is 0 Å². The number of imide groups is 1. The molecule has 7 heteroatoms. The number of rotatable bonds is 5. The third kappa shape index (κ3) is 3.88. The highest BCUT2D eigenvalue weighted by atomic mass is 79.9. The van der Waals surface area contributed by atoms with Crippen LogP contribution in [0.15, 0.2) is 53.0 Å². The van der Waals surface area contributed by atoms with Gasteiger partial charge >= 0.3 is 6.03 Å². The van der Waals surface area contributed by atoms with Crippen LogP contribution in [-0.2, 0) is 6.54 Å². The summed E-state index contributed by atoms with van der Waals surface area (Å²) < 4.78 is 0.974. The van der Waals surface area contributed by atoms with Crippen LogP contribution in [0.25, 0.3) is 0 Å². The molecule has 1 aliphatic heterocycles. The lowest BCUT2D eigenvalue weighted by Crippen LogP contribution is -2.41. The highest BCUT2D eigenvalue weighted by Gasteiger charge is 2.34. The van der Waals surface area contributed by atoms with Gasteiger partial charge in [0.1, 0.15) is 0 Å². The zero-order valence-electron chi connectivity index (χ0n) is 13.3. The molecule has 0 unspecified atom stereocenters. The number of hydrogen-bond acceptors (Lipinski definition) is 3. The zero-order chi connectivity index (χ0) is 17.8. The largest absolute Gasteiger partial charge is 0.336 e. The monoisotopic (exact) mass is 401 g/mol.